The Hall–Kier alpha value is -2.71. The van der Waals surface area contributed by atoms with Gasteiger partial charge in [-0.25, -0.2) is 17.9 Å². The number of hydrogen-bond donors (Lipinski definition) is 1. The summed E-state index contributed by atoms with van der Waals surface area (Å²) >= 11 is 0. The number of ketones is 1. The maximum absolute atomic E-state index is 12.2. The van der Waals surface area contributed by atoms with Crippen molar-refractivity contribution in [1.29, 1.82) is 0 Å². The van der Waals surface area contributed by atoms with Gasteiger partial charge in [0.2, 0.25) is 10.0 Å². The minimum atomic E-state index is -3.58. The van der Waals surface area contributed by atoms with Crippen LogP contribution >= 0.6 is 0 Å². The molecule has 0 aliphatic carbocycles. The lowest BCUT2D eigenvalue weighted by Gasteiger charge is -2.11. The van der Waals surface area contributed by atoms with Gasteiger partial charge in [-0.15, -0.1) is 0 Å². The van der Waals surface area contributed by atoms with E-state index in [2.05, 4.69) is 4.72 Å². The van der Waals surface area contributed by atoms with Crippen LogP contribution in [0.5, 0.6) is 5.75 Å². The maximum Gasteiger partial charge on any atom is 0.338 e. The van der Waals surface area contributed by atoms with E-state index in [9.17, 15) is 18.0 Å². The molecule has 2 aromatic rings. The highest BCUT2D eigenvalue weighted by Crippen LogP contribution is 2.22. The largest absolute Gasteiger partial charge is 0.496 e. The van der Waals surface area contributed by atoms with Crippen molar-refractivity contribution in [2.24, 2.45) is 0 Å². The van der Waals surface area contributed by atoms with Crippen LogP contribution in [0.2, 0.25) is 0 Å². The lowest BCUT2D eigenvalue weighted by Crippen LogP contribution is -2.23. The molecule has 0 saturated heterocycles. The van der Waals surface area contributed by atoms with Crippen LogP contribution in [0.1, 0.15) is 40.1 Å². The molecule has 0 aliphatic rings. The SMILES string of the molecule is CCNS(=O)(=O)c1ccc(C(=O)OCc2cc(C(C)=O)ccc2OC)cc1. The van der Waals surface area contributed by atoms with E-state index in [-0.39, 0.29) is 29.4 Å². The molecular weight excluding hydrogens is 370 g/mol. The van der Waals surface area contributed by atoms with Crippen LogP contribution in [0.3, 0.4) is 0 Å². The zero-order valence-corrected chi connectivity index (χ0v) is 16.1. The normalized spacial score (nSPS) is 11.1. The number of esters is 1. The molecule has 1 N–H and O–H groups in total. The Bertz CT molecular complexity index is 935. The summed E-state index contributed by atoms with van der Waals surface area (Å²) in [6.45, 7) is 3.31. The minimum Gasteiger partial charge on any atom is -0.496 e. The third-order valence-corrected chi connectivity index (χ3v) is 5.34. The standard InChI is InChI=1S/C19H21NO6S/c1-4-20-27(23,24)17-8-5-14(6-9-17)19(22)26-12-16-11-15(13(2)21)7-10-18(16)25-3/h5-11,20H,4,12H2,1-3H3. The molecule has 0 aliphatic heterocycles. The lowest BCUT2D eigenvalue weighted by atomic mass is 10.1. The lowest BCUT2D eigenvalue weighted by molar-refractivity contribution is 0.0470. The fraction of sp³-hybridized carbons (Fsp3) is 0.263. The second-order valence-electron chi connectivity index (χ2n) is 5.68. The summed E-state index contributed by atoms with van der Waals surface area (Å²) in [6.07, 6.45) is 0. The molecular formula is C19H21NO6S. The second-order valence-corrected chi connectivity index (χ2v) is 7.45. The van der Waals surface area contributed by atoms with Gasteiger partial charge in [0.05, 0.1) is 17.6 Å². The molecule has 0 heterocycles. The number of benzene rings is 2. The molecule has 2 aromatic carbocycles. The number of sulfonamides is 1. The van der Waals surface area contributed by atoms with Crippen LogP contribution in [0.4, 0.5) is 0 Å². The van der Waals surface area contributed by atoms with E-state index in [1.807, 2.05) is 0 Å². The van der Waals surface area contributed by atoms with E-state index in [0.29, 0.717) is 16.9 Å². The Balaban J connectivity index is 2.12. The van der Waals surface area contributed by atoms with E-state index in [1.54, 1.807) is 25.1 Å². The topological polar surface area (TPSA) is 98.8 Å². The summed E-state index contributed by atoms with van der Waals surface area (Å²) in [6, 6.07) is 10.3. The number of nitrogens with one attached hydrogen (secondary N) is 1. The Morgan fingerprint density at radius 3 is 2.22 bits per heavy atom. The zero-order chi connectivity index (χ0) is 20.0. The van der Waals surface area contributed by atoms with Gasteiger partial charge in [-0.2, -0.15) is 0 Å². The Kier molecular flexibility index (Phi) is 6.70. The van der Waals surface area contributed by atoms with Crippen LogP contribution in [-0.4, -0.2) is 33.8 Å². The summed E-state index contributed by atoms with van der Waals surface area (Å²) in [5.74, 6) is -0.222. The van der Waals surface area contributed by atoms with Crippen molar-refractivity contribution in [3.8, 4) is 5.75 Å². The van der Waals surface area contributed by atoms with Gasteiger partial charge in [-0.3, -0.25) is 4.79 Å². The van der Waals surface area contributed by atoms with Crippen molar-refractivity contribution in [1.82, 2.24) is 4.72 Å². The average Bonchev–Trinajstić information content (AvgIpc) is 2.65. The van der Waals surface area contributed by atoms with Gasteiger partial charge in [-0.05, 0) is 49.4 Å². The maximum atomic E-state index is 12.2. The van der Waals surface area contributed by atoms with E-state index >= 15 is 0 Å². The predicted octanol–water partition coefficient (Wildman–Crippen LogP) is 2.55. The smallest absolute Gasteiger partial charge is 0.338 e. The second kappa shape index (κ2) is 8.79. The van der Waals surface area contributed by atoms with Crippen molar-refractivity contribution >= 4 is 21.8 Å². The third kappa shape index (κ3) is 5.15. The van der Waals surface area contributed by atoms with Gasteiger partial charge in [0.25, 0.3) is 0 Å². The number of rotatable bonds is 8. The first-order chi connectivity index (χ1) is 12.8. The number of methoxy groups -OCH3 is 1. The average molecular weight is 391 g/mol. The highest BCUT2D eigenvalue weighted by atomic mass is 32.2. The van der Waals surface area contributed by atoms with Crippen LogP contribution in [0.25, 0.3) is 0 Å². The van der Waals surface area contributed by atoms with Crippen molar-refractivity contribution in [2.45, 2.75) is 25.3 Å². The highest BCUT2D eigenvalue weighted by molar-refractivity contribution is 7.89. The number of carbonyl (C=O) groups is 2. The molecule has 0 spiro atoms. The molecule has 0 radical (unpaired) electrons. The van der Waals surface area contributed by atoms with Crippen LogP contribution in [0.15, 0.2) is 47.4 Å². The van der Waals surface area contributed by atoms with Crippen LogP contribution < -0.4 is 9.46 Å². The summed E-state index contributed by atoms with van der Waals surface area (Å²) in [7, 11) is -2.10. The number of Topliss-reactive ketones (excluding diaryl/α,β-unsaturated/α-hetero) is 1. The third-order valence-electron chi connectivity index (χ3n) is 3.78. The van der Waals surface area contributed by atoms with E-state index in [0.717, 1.165) is 0 Å². The molecule has 2 rings (SSSR count). The molecule has 0 saturated carbocycles. The van der Waals surface area contributed by atoms with Crippen LogP contribution in [0, 0.1) is 0 Å². The zero-order valence-electron chi connectivity index (χ0n) is 15.3. The van der Waals surface area contributed by atoms with E-state index in [4.69, 9.17) is 9.47 Å². The van der Waals surface area contributed by atoms with Gasteiger partial charge in [0.1, 0.15) is 12.4 Å². The number of ether oxygens (including phenoxy) is 2. The molecule has 0 fully saturated rings. The van der Waals surface area contributed by atoms with Gasteiger partial charge in [0.15, 0.2) is 5.78 Å². The monoisotopic (exact) mass is 391 g/mol. The van der Waals surface area contributed by atoms with Crippen molar-refractivity contribution in [3.05, 3.63) is 59.2 Å². The van der Waals surface area contributed by atoms with Gasteiger partial charge < -0.3 is 9.47 Å². The van der Waals surface area contributed by atoms with Gasteiger partial charge >= 0.3 is 5.97 Å². The number of hydrogen-bond acceptors (Lipinski definition) is 6. The van der Waals surface area contributed by atoms with Crippen molar-refractivity contribution in [2.75, 3.05) is 13.7 Å². The van der Waals surface area contributed by atoms with Gasteiger partial charge in [-0.1, -0.05) is 6.92 Å². The fourth-order valence-electron chi connectivity index (χ4n) is 2.38. The molecule has 27 heavy (non-hydrogen) atoms. The molecule has 144 valence electrons. The summed E-state index contributed by atoms with van der Waals surface area (Å²) in [5.41, 5.74) is 1.26. The molecule has 0 amide bonds. The first kappa shape index (κ1) is 20.6. The molecule has 0 aromatic heterocycles. The Labute approximate surface area is 158 Å². The fourth-order valence-corrected chi connectivity index (χ4v) is 3.42. The van der Waals surface area contributed by atoms with E-state index in [1.165, 1.54) is 38.3 Å². The first-order valence-electron chi connectivity index (χ1n) is 8.23. The number of carbonyl (C=O) groups excluding carboxylic acids is 2. The minimum absolute atomic E-state index is 0.0664. The predicted molar refractivity (Wildman–Crippen MR) is 99.4 cm³/mol. The molecule has 0 atom stereocenters. The molecule has 8 heteroatoms. The van der Waals surface area contributed by atoms with Crippen molar-refractivity contribution < 1.29 is 27.5 Å². The Morgan fingerprint density at radius 1 is 1.04 bits per heavy atom. The Morgan fingerprint density at radius 2 is 1.67 bits per heavy atom. The van der Waals surface area contributed by atoms with Crippen molar-refractivity contribution in [3.63, 3.8) is 0 Å². The van der Waals surface area contributed by atoms with Gasteiger partial charge in [0, 0.05) is 17.7 Å². The molecule has 0 bridgehead atoms. The molecule has 7 nitrogen and oxygen atoms in total. The summed E-state index contributed by atoms with van der Waals surface area (Å²) in [4.78, 5) is 23.8. The quantitative estimate of drug-likeness (QED) is 0.548. The van der Waals surface area contributed by atoms with E-state index < -0.39 is 16.0 Å². The first-order valence-corrected chi connectivity index (χ1v) is 9.71. The van der Waals surface area contributed by atoms with Crippen LogP contribution in [-0.2, 0) is 21.4 Å². The molecule has 0 unspecified atom stereocenters. The summed E-state index contributed by atoms with van der Waals surface area (Å²) in [5, 5.41) is 0. The highest BCUT2D eigenvalue weighted by Gasteiger charge is 2.15. The summed E-state index contributed by atoms with van der Waals surface area (Å²) < 4.78 is 36.7.